The number of fused-ring (bicyclic) bond motifs is 1. The number of carbonyl (C=O) groups is 2. The molecule has 0 bridgehead atoms. The van der Waals surface area contributed by atoms with Gasteiger partial charge < -0.3 is 19.7 Å². The topological polar surface area (TPSA) is 67.9 Å². The Labute approximate surface area is 171 Å². The Morgan fingerprint density at radius 3 is 2.72 bits per heavy atom. The number of rotatable bonds is 7. The monoisotopic (exact) mass is 422 g/mol. The van der Waals surface area contributed by atoms with Crippen LogP contribution >= 0.6 is 11.8 Å². The van der Waals surface area contributed by atoms with Crippen LogP contribution in [0.1, 0.15) is 12.8 Å². The highest BCUT2D eigenvalue weighted by atomic mass is 32.2. The van der Waals surface area contributed by atoms with Crippen LogP contribution in [0.4, 0.5) is 20.2 Å². The third-order valence-corrected chi connectivity index (χ3v) is 5.30. The Hall–Kier alpha value is -2.81. The number of thioether (sulfide) groups is 1. The van der Waals surface area contributed by atoms with Crippen LogP contribution in [-0.4, -0.2) is 37.8 Å². The van der Waals surface area contributed by atoms with Crippen molar-refractivity contribution in [2.24, 2.45) is 0 Å². The van der Waals surface area contributed by atoms with Crippen molar-refractivity contribution < 1.29 is 27.8 Å². The van der Waals surface area contributed by atoms with Gasteiger partial charge in [-0.3, -0.25) is 9.59 Å². The summed E-state index contributed by atoms with van der Waals surface area (Å²) in [6.45, 7) is -2.42. The SMILES string of the molecule is COc1ccc(NC(=O)CCC(=O)N2CCSc3ccccc32)cc1OC(F)F. The second kappa shape index (κ2) is 9.60. The molecular weight excluding hydrogens is 402 g/mol. The standard InChI is InChI=1S/C20H20F2N2O4S/c1-27-15-7-6-13(12-16(15)28-20(21)22)23-18(25)8-9-19(26)24-10-11-29-17-5-3-2-4-14(17)24/h2-7,12,20H,8-11H2,1H3,(H,23,25). The van der Waals surface area contributed by atoms with E-state index >= 15 is 0 Å². The molecule has 2 aromatic carbocycles. The van der Waals surface area contributed by atoms with E-state index in [1.165, 1.54) is 25.3 Å². The summed E-state index contributed by atoms with van der Waals surface area (Å²) in [7, 11) is 1.33. The van der Waals surface area contributed by atoms with Crippen molar-refractivity contribution in [3.8, 4) is 11.5 Å². The van der Waals surface area contributed by atoms with E-state index in [0.717, 1.165) is 16.3 Å². The van der Waals surface area contributed by atoms with Gasteiger partial charge in [-0.15, -0.1) is 11.8 Å². The van der Waals surface area contributed by atoms with E-state index in [4.69, 9.17) is 4.74 Å². The summed E-state index contributed by atoms with van der Waals surface area (Å²) in [6.07, 6.45) is 0.0170. The van der Waals surface area contributed by atoms with Gasteiger partial charge in [-0.25, -0.2) is 0 Å². The van der Waals surface area contributed by atoms with Gasteiger partial charge in [0.05, 0.1) is 12.8 Å². The summed E-state index contributed by atoms with van der Waals surface area (Å²) in [6, 6.07) is 11.8. The Morgan fingerprint density at radius 1 is 1.17 bits per heavy atom. The average molecular weight is 422 g/mol. The summed E-state index contributed by atoms with van der Waals surface area (Å²) < 4.78 is 34.4. The quantitative estimate of drug-likeness (QED) is 0.726. The Morgan fingerprint density at radius 2 is 1.97 bits per heavy atom. The molecule has 0 saturated carbocycles. The van der Waals surface area contributed by atoms with Crippen molar-refractivity contribution in [1.82, 2.24) is 0 Å². The van der Waals surface area contributed by atoms with Gasteiger partial charge in [-0.2, -0.15) is 8.78 Å². The minimum Gasteiger partial charge on any atom is -0.493 e. The highest BCUT2D eigenvalue weighted by Gasteiger charge is 2.23. The molecule has 0 aliphatic carbocycles. The number of methoxy groups -OCH3 is 1. The number of para-hydroxylation sites is 1. The number of amides is 2. The molecule has 0 saturated heterocycles. The molecule has 0 radical (unpaired) electrons. The molecule has 1 aliphatic heterocycles. The van der Waals surface area contributed by atoms with Crippen LogP contribution in [0.5, 0.6) is 11.5 Å². The lowest BCUT2D eigenvalue weighted by atomic mass is 10.2. The number of halogens is 2. The van der Waals surface area contributed by atoms with Crippen LogP contribution in [-0.2, 0) is 9.59 Å². The van der Waals surface area contributed by atoms with E-state index in [0.29, 0.717) is 6.54 Å². The van der Waals surface area contributed by atoms with Gasteiger partial charge in [0.15, 0.2) is 11.5 Å². The van der Waals surface area contributed by atoms with Crippen LogP contribution in [0.3, 0.4) is 0 Å². The third-order valence-electron chi connectivity index (χ3n) is 4.26. The number of alkyl halides is 2. The number of anilines is 2. The molecule has 1 N–H and O–H groups in total. The first kappa shape index (κ1) is 20.9. The van der Waals surface area contributed by atoms with Crippen LogP contribution in [0.25, 0.3) is 0 Å². The van der Waals surface area contributed by atoms with Gasteiger partial charge in [-0.1, -0.05) is 12.1 Å². The van der Waals surface area contributed by atoms with Gasteiger partial charge in [0, 0.05) is 41.8 Å². The summed E-state index contributed by atoms with van der Waals surface area (Å²) >= 11 is 1.70. The number of benzene rings is 2. The van der Waals surface area contributed by atoms with E-state index in [9.17, 15) is 18.4 Å². The predicted octanol–water partition coefficient (Wildman–Crippen LogP) is 4.15. The zero-order valence-electron chi connectivity index (χ0n) is 15.7. The molecule has 0 atom stereocenters. The molecule has 0 spiro atoms. The number of nitrogens with one attached hydrogen (secondary N) is 1. The molecule has 0 aromatic heterocycles. The Kier molecular flexibility index (Phi) is 6.92. The molecule has 6 nitrogen and oxygen atoms in total. The molecule has 154 valence electrons. The van der Waals surface area contributed by atoms with E-state index in [1.54, 1.807) is 16.7 Å². The van der Waals surface area contributed by atoms with E-state index in [-0.39, 0.29) is 35.9 Å². The van der Waals surface area contributed by atoms with Gasteiger partial charge >= 0.3 is 6.61 Å². The molecule has 2 amide bonds. The minimum absolute atomic E-state index is 0.0261. The molecule has 0 fully saturated rings. The lowest BCUT2D eigenvalue weighted by Crippen LogP contribution is -2.35. The predicted molar refractivity (Wildman–Crippen MR) is 107 cm³/mol. The van der Waals surface area contributed by atoms with Crippen LogP contribution < -0.4 is 19.7 Å². The lowest BCUT2D eigenvalue weighted by molar-refractivity contribution is -0.122. The molecule has 1 heterocycles. The van der Waals surface area contributed by atoms with Crippen molar-refractivity contribution in [1.29, 1.82) is 0 Å². The van der Waals surface area contributed by atoms with Crippen LogP contribution in [0.15, 0.2) is 47.4 Å². The summed E-state index contributed by atoms with van der Waals surface area (Å²) in [5.74, 6) is 0.211. The number of ether oxygens (including phenoxy) is 2. The van der Waals surface area contributed by atoms with Crippen LogP contribution in [0, 0.1) is 0 Å². The second-order valence-corrected chi connectivity index (χ2v) is 7.29. The van der Waals surface area contributed by atoms with Crippen LogP contribution in [0.2, 0.25) is 0 Å². The van der Waals surface area contributed by atoms with Crippen molar-refractivity contribution in [3.63, 3.8) is 0 Å². The summed E-state index contributed by atoms with van der Waals surface area (Å²) in [4.78, 5) is 27.6. The molecule has 2 aromatic rings. The maximum absolute atomic E-state index is 12.6. The number of hydrogen-bond donors (Lipinski definition) is 1. The van der Waals surface area contributed by atoms with Crippen molar-refractivity contribution >= 4 is 35.0 Å². The van der Waals surface area contributed by atoms with Crippen molar-refractivity contribution in [2.45, 2.75) is 24.3 Å². The molecule has 9 heteroatoms. The van der Waals surface area contributed by atoms with Gasteiger partial charge in [0.1, 0.15) is 0 Å². The highest BCUT2D eigenvalue weighted by Crippen LogP contribution is 2.35. The first-order valence-corrected chi connectivity index (χ1v) is 9.91. The largest absolute Gasteiger partial charge is 0.493 e. The number of carbonyl (C=O) groups excluding carboxylic acids is 2. The fourth-order valence-electron chi connectivity index (χ4n) is 2.95. The fraction of sp³-hybridized carbons (Fsp3) is 0.300. The molecule has 0 unspecified atom stereocenters. The van der Waals surface area contributed by atoms with E-state index in [2.05, 4.69) is 10.1 Å². The summed E-state index contributed by atoms with van der Waals surface area (Å²) in [5, 5.41) is 2.59. The second-order valence-electron chi connectivity index (χ2n) is 6.15. The smallest absolute Gasteiger partial charge is 0.387 e. The number of hydrogen-bond acceptors (Lipinski definition) is 5. The third kappa shape index (κ3) is 5.38. The summed E-state index contributed by atoms with van der Waals surface area (Å²) in [5.41, 5.74) is 1.14. The first-order valence-electron chi connectivity index (χ1n) is 8.93. The lowest BCUT2D eigenvalue weighted by Gasteiger charge is -2.29. The maximum Gasteiger partial charge on any atom is 0.387 e. The zero-order chi connectivity index (χ0) is 20.8. The van der Waals surface area contributed by atoms with Gasteiger partial charge in [-0.05, 0) is 24.3 Å². The molecular formula is C20H20F2N2O4S. The van der Waals surface area contributed by atoms with Gasteiger partial charge in [0.2, 0.25) is 11.8 Å². The fourth-order valence-corrected chi connectivity index (χ4v) is 3.94. The maximum atomic E-state index is 12.6. The van der Waals surface area contributed by atoms with Gasteiger partial charge in [0.25, 0.3) is 0 Å². The highest BCUT2D eigenvalue weighted by molar-refractivity contribution is 7.99. The Balaban J connectivity index is 1.58. The normalized spacial score (nSPS) is 13.0. The average Bonchev–Trinajstić information content (AvgIpc) is 2.71. The number of nitrogens with zero attached hydrogens (tertiary/aromatic N) is 1. The minimum atomic E-state index is -3.02. The van der Waals surface area contributed by atoms with E-state index in [1.807, 2.05) is 24.3 Å². The molecule has 3 rings (SSSR count). The Bertz CT molecular complexity index is 895. The molecule has 29 heavy (non-hydrogen) atoms. The van der Waals surface area contributed by atoms with E-state index < -0.39 is 12.5 Å². The van der Waals surface area contributed by atoms with Crippen molar-refractivity contribution in [2.75, 3.05) is 29.6 Å². The first-order chi connectivity index (χ1) is 14.0. The molecule has 1 aliphatic rings. The zero-order valence-corrected chi connectivity index (χ0v) is 16.5. The van der Waals surface area contributed by atoms with Crippen molar-refractivity contribution in [3.05, 3.63) is 42.5 Å².